The molecule has 0 aliphatic carbocycles. The molecule has 1 fully saturated rings. The normalized spacial score (nSPS) is 17.6. The molecule has 148 valence electrons. The fourth-order valence-electron chi connectivity index (χ4n) is 3.40. The topological polar surface area (TPSA) is 88.0 Å². The van der Waals surface area contributed by atoms with E-state index >= 15 is 0 Å². The van der Waals surface area contributed by atoms with E-state index in [9.17, 15) is 14.4 Å². The van der Waals surface area contributed by atoms with Gasteiger partial charge in [0.05, 0.1) is 12.2 Å². The van der Waals surface area contributed by atoms with E-state index in [1.165, 1.54) is 0 Å². The molecule has 2 aliphatic heterocycles. The van der Waals surface area contributed by atoms with E-state index < -0.39 is 5.60 Å². The molecule has 27 heavy (non-hydrogen) atoms. The van der Waals surface area contributed by atoms with Gasteiger partial charge in [0.1, 0.15) is 5.60 Å². The molecule has 0 radical (unpaired) electrons. The van der Waals surface area contributed by atoms with Crippen LogP contribution in [0.25, 0.3) is 0 Å². The predicted octanol–water partition coefficient (Wildman–Crippen LogP) is 0.628. The van der Waals surface area contributed by atoms with Gasteiger partial charge in [0.25, 0.3) is 5.91 Å². The lowest BCUT2D eigenvalue weighted by Crippen LogP contribution is -2.48. The lowest BCUT2D eigenvalue weighted by Gasteiger charge is -2.33. The number of nitrogens with zero attached hydrogens (tertiary/aromatic N) is 5. The summed E-state index contributed by atoms with van der Waals surface area (Å²) in [4.78, 5) is 41.2. The Hall–Kier alpha value is -2.58. The van der Waals surface area contributed by atoms with Gasteiger partial charge >= 0.3 is 6.09 Å². The number of aromatic nitrogens is 2. The molecule has 0 unspecified atom stereocenters. The van der Waals surface area contributed by atoms with Crippen molar-refractivity contribution in [1.82, 2.24) is 24.5 Å². The van der Waals surface area contributed by atoms with Crippen LogP contribution in [-0.2, 0) is 29.5 Å². The maximum Gasteiger partial charge on any atom is 0.410 e. The zero-order valence-corrected chi connectivity index (χ0v) is 16.4. The van der Waals surface area contributed by atoms with Crippen molar-refractivity contribution in [3.05, 3.63) is 17.0 Å². The second-order valence-corrected chi connectivity index (χ2v) is 7.98. The molecule has 0 aromatic carbocycles. The third-order valence-corrected chi connectivity index (χ3v) is 4.85. The highest BCUT2D eigenvalue weighted by atomic mass is 16.6. The predicted molar refractivity (Wildman–Crippen MR) is 97.1 cm³/mol. The first-order chi connectivity index (χ1) is 12.7. The van der Waals surface area contributed by atoms with Gasteiger partial charge < -0.3 is 19.4 Å². The van der Waals surface area contributed by atoms with Crippen molar-refractivity contribution in [3.8, 4) is 0 Å². The van der Waals surface area contributed by atoms with Gasteiger partial charge in [-0.25, -0.2) is 4.79 Å². The highest BCUT2D eigenvalue weighted by Crippen LogP contribution is 2.24. The number of carbonyl (C=O) groups excluding carboxylic acids is 3. The second kappa shape index (κ2) is 7.21. The number of hydrogen-bond donors (Lipinski definition) is 0. The van der Waals surface area contributed by atoms with Gasteiger partial charge in [-0.3, -0.25) is 14.3 Å². The quantitative estimate of drug-likeness (QED) is 0.706. The van der Waals surface area contributed by atoms with E-state index in [1.807, 2.05) is 20.8 Å². The summed E-state index contributed by atoms with van der Waals surface area (Å²) in [5.74, 6) is -0.108. The Bertz CT molecular complexity index is 744. The number of fused-ring (bicyclic) bond motifs is 1. The van der Waals surface area contributed by atoms with E-state index in [-0.39, 0.29) is 12.0 Å². The van der Waals surface area contributed by atoms with Gasteiger partial charge in [0, 0.05) is 45.3 Å². The van der Waals surface area contributed by atoms with Crippen LogP contribution >= 0.6 is 0 Å². The second-order valence-electron chi connectivity index (χ2n) is 7.98. The Kier molecular flexibility index (Phi) is 5.12. The number of amides is 3. The van der Waals surface area contributed by atoms with E-state index in [2.05, 4.69) is 5.10 Å². The van der Waals surface area contributed by atoms with Crippen LogP contribution in [0.2, 0.25) is 0 Å². The SMILES string of the molecule is Cn1nc(C(=O)N2CCN(C=O)CC2)c2c1CN(C(=O)OC(C)(C)C)CC2. The number of carbonyl (C=O) groups is 3. The van der Waals surface area contributed by atoms with E-state index in [0.717, 1.165) is 17.7 Å². The molecule has 3 rings (SSSR count). The monoisotopic (exact) mass is 377 g/mol. The molecule has 0 spiro atoms. The standard InChI is InChI=1S/C18H27N5O4/c1-18(2,3)27-17(26)23-6-5-13-14(11-23)20(4)19-15(13)16(25)22-9-7-21(12-24)8-10-22/h12H,5-11H2,1-4H3. The molecular formula is C18H27N5O4. The highest BCUT2D eigenvalue weighted by molar-refractivity contribution is 5.94. The van der Waals surface area contributed by atoms with Crippen molar-refractivity contribution in [1.29, 1.82) is 0 Å². The fraction of sp³-hybridized carbons (Fsp3) is 0.667. The van der Waals surface area contributed by atoms with Crippen LogP contribution in [0.1, 0.15) is 42.5 Å². The molecule has 0 saturated carbocycles. The van der Waals surface area contributed by atoms with Crippen molar-refractivity contribution in [3.63, 3.8) is 0 Å². The maximum atomic E-state index is 12.9. The zero-order chi connectivity index (χ0) is 19.8. The average Bonchev–Trinajstić information content (AvgIpc) is 2.96. The molecule has 1 aromatic rings. The van der Waals surface area contributed by atoms with Crippen LogP contribution in [0.4, 0.5) is 4.79 Å². The average molecular weight is 377 g/mol. The van der Waals surface area contributed by atoms with Crippen molar-refractivity contribution < 1.29 is 19.1 Å². The molecule has 3 heterocycles. The van der Waals surface area contributed by atoms with Gasteiger partial charge in [0.15, 0.2) is 5.69 Å². The van der Waals surface area contributed by atoms with Crippen molar-refractivity contribution >= 4 is 18.4 Å². The lowest BCUT2D eigenvalue weighted by molar-refractivity contribution is -0.119. The minimum absolute atomic E-state index is 0.108. The molecule has 0 atom stereocenters. The van der Waals surface area contributed by atoms with Crippen LogP contribution < -0.4 is 0 Å². The molecule has 3 amide bonds. The van der Waals surface area contributed by atoms with Crippen molar-refractivity contribution in [2.24, 2.45) is 7.05 Å². The first-order valence-corrected chi connectivity index (χ1v) is 9.21. The number of aryl methyl sites for hydroxylation is 1. The maximum absolute atomic E-state index is 12.9. The Morgan fingerprint density at radius 1 is 1.07 bits per heavy atom. The van der Waals surface area contributed by atoms with Crippen LogP contribution in [-0.4, -0.2) is 81.2 Å². The summed E-state index contributed by atoms with van der Waals surface area (Å²) in [5.41, 5.74) is 1.67. The molecule has 2 aliphatic rings. The van der Waals surface area contributed by atoms with Crippen LogP contribution in [0, 0.1) is 0 Å². The number of ether oxygens (including phenoxy) is 1. The van der Waals surface area contributed by atoms with E-state index in [0.29, 0.717) is 51.4 Å². The minimum atomic E-state index is -0.547. The smallest absolute Gasteiger partial charge is 0.410 e. The fourth-order valence-corrected chi connectivity index (χ4v) is 3.40. The van der Waals surface area contributed by atoms with Gasteiger partial charge in [-0.2, -0.15) is 5.10 Å². The molecule has 1 aromatic heterocycles. The molecular weight excluding hydrogens is 350 g/mol. The first kappa shape index (κ1) is 19.2. The molecule has 0 bridgehead atoms. The first-order valence-electron chi connectivity index (χ1n) is 9.21. The third-order valence-electron chi connectivity index (χ3n) is 4.85. The summed E-state index contributed by atoms with van der Waals surface area (Å²) in [5, 5.41) is 4.44. The van der Waals surface area contributed by atoms with Crippen molar-refractivity contribution in [2.45, 2.75) is 39.3 Å². The molecule has 9 heteroatoms. The molecule has 9 nitrogen and oxygen atoms in total. The third kappa shape index (κ3) is 4.06. The van der Waals surface area contributed by atoms with Gasteiger partial charge in [0.2, 0.25) is 6.41 Å². The molecule has 0 N–H and O–H groups in total. The lowest BCUT2D eigenvalue weighted by atomic mass is 10.0. The van der Waals surface area contributed by atoms with Crippen LogP contribution in [0.3, 0.4) is 0 Å². The number of piperazine rings is 1. The molecule has 1 saturated heterocycles. The zero-order valence-electron chi connectivity index (χ0n) is 16.4. The Morgan fingerprint density at radius 3 is 2.33 bits per heavy atom. The van der Waals surface area contributed by atoms with Gasteiger partial charge in [-0.05, 0) is 27.2 Å². The van der Waals surface area contributed by atoms with E-state index in [1.54, 1.807) is 26.4 Å². The highest BCUT2D eigenvalue weighted by Gasteiger charge is 2.33. The Morgan fingerprint density at radius 2 is 1.74 bits per heavy atom. The number of hydrogen-bond acceptors (Lipinski definition) is 5. The minimum Gasteiger partial charge on any atom is -0.444 e. The number of rotatable bonds is 2. The van der Waals surface area contributed by atoms with Crippen LogP contribution in [0.5, 0.6) is 0 Å². The van der Waals surface area contributed by atoms with Crippen LogP contribution in [0.15, 0.2) is 0 Å². The summed E-state index contributed by atoms with van der Waals surface area (Å²) in [6.07, 6.45) is 1.03. The summed E-state index contributed by atoms with van der Waals surface area (Å²) in [6.45, 7) is 8.47. The van der Waals surface area contributed by atoms with Gasteiger partial charge in [-0.15, -0.1) is 0 Å². The Labute approximate surface area is 158 Å². The summed E-state index contributed by atoms with van der Waals surface area (Å²) >= 11 is 0. The van der Waals surface area contributed by atoms with E-state index in [4.69, 9.17) is 4.74 Å². The summed E-state index contributed by atoms with van der Waals surface area (Å²) in [7, 11) is 1.79. The largest absolute Gasteiger partial charge is 0.444 e. The summed E-state index contributed by atoms with van der Waals surface area (Å²) in [6, 6.07) is 0. The Balaban J connectivity index is 1.73. The van der Waals surface area contributed by atoms with Gasteiger partial charge in [-0.1, -0.05) is 0 Å². The van der Waals surface area contributed by atoms with Crippen molar-refractivity contribution in [2.75, 3.05) is 32.7 Å². The summed E-state index contributed by atoms with van der Waals surface area (Å²) < 4.78 is 7.13.